The first-order chi connectivity index (χ1) is 7.18. The number of anilines is 1. The molecule has 0 aromatic heterocycles. The van der Waals surface area contributed by atoms with E-state index in [1.807, 2.05) is 31.2 Å². The lowest BCUT2D eigenvalue weighted by molar-refractivity contribution is -0.120. The number of carbonyl (C=O) groups is 1. The minimum Gasteiger partial charge on any atom is -0.320 e. The van der Waals surface area contributed by atoms with E-state index < -0.39 is 0 Å². The second kappa shape index (κ2) is 4.03. The molecule has 1 saturated heterocycles. The third kappa shape index (κ3) is 2.02. The molecule has 1 aliphatic heterocycles. The number of piperidine rings is 1. The fraction of sp³-hybridized carbons (Fsp3) is 0.417. The maximum absolute atomic E-state index is 11.8. The molecule has 0 bridgehead atoms. The second-order valence-electron chi connectivity index (χ2n) is 4.07. The third-order valence-corrected chi connectivity index (χ3v) is 2.83. The lowest BCUT2D eigenvalue weighted by Crippen LogP contribution is -2.48. The van der Waals surface area contributed by atoms with Crippen LogP contribution in [0.2, 0.25) is 0 Å². The quantitative estimate of drug-likeness (QED) is 0.752. The summed E-state index contributed by atoms with van der Waals surface area (Å²) in [7, 11) is 0. The van der Waals surface area contributed by atoms with Gasteiger partial charge in [-0.3, -0.25) is 4.79 Å². The summed E-state index contributed by atoms with van der Waals surface area (Å²) in [6, 6.07) is 7.67. The molecule has 80 valence electrons. The highest BCUT2D eigenvalue weighted by Gasteiger charge is 2.26. The van der Waals surface area contributed by atoms with Gasteiger partial charge in [-0.05, 0) is 31.9 Å². The van der Waals surface area contributed by atoms with Crippen LogP contribution in [0.25, 0.3) is 0 Å². The Hall–Kier alpha value is -1.35. The first-order valence-corrected chi connectivity index (χ1v) is 5.32. The number of hydrogen-bond acceptors (Lipinski definition) is 2. The van der Waals surface area contributed by atoms with E-state index in [9.17, 15) is 4.79 Å². The normalized spacial score (nSPS) is 21.9. The Labute approximate surface area is 89.9 Å². The van der Waals surface area contributed by atoms with Gasteiger partial charge < -0.3 is 10.6 Å². The van der Waals surface area contributed by atoms with Crippen LogP contribution in [0, 0.1) is 6.92 Å². The molecule has 0 aliphatic carbocycles. The van der Waals surface area contributed by atoms with Crippen LogP contribution < -0.4 is 10.6 Å². The lowest BCUT2D eigenvalue weighted by Gasteiger charge is -2.30. The van der Waals surface area contributed by atoms with Gasteiger partial charge in [0.2, 0.25) is 5.91 Å². The molecular weight excluding hydrogens is 188 g/mol. The highest BCUT2D eigenvalue weighted by molar-refractivity contribution is 5.97. The zero-order valence-corrected chi connectivity index (χ0v) is 8.94. The predicted molar refractivity (Wildman–Crippen MR) is 60.7 cm³/mol. The molecule has 2 rings (SSSR count). The van der Waals surface area contributed by atoms with E-state index in [1.54, 1.807) is 4.90 Å². The van der Waals surface area contributed by atoms with E-state index in [1.165, 1.54) is 5.56 Å². The zero-order valence-electron chi connectivity index (χ0n) is 8.94. The SMILES string of the molecule is Cc1ccc(N2CCC[C@H](N)C2=O)cc1. The van der Waals surface area contributed by atoms with Gasteiger partial charge in [0.15, 0.2) is 0 Å². The summed E-state index contributed by atoms with van der Waals surface area (Å²) in [6.07, 6.45) is 1.79. The van der Waals surface area contributed by atoms with Crippen molar-refractivity contribution in [2.24, 2.45) is 5.73 Å². The number of rotatable bonds is 1. The number of benzene rings is 1. The van der Waals surface area contributed by atoms with Gasteiger partial charge in [0, 0.05) is 12.2 Å². The summed E-state index contributed by atoms with van der Waals surface area (Å²) in [5.74, 6) is 0.0464. The van der Waals surface area contributed by atoms with Crippen LogP contribution >= 0.6 is 0 Å². The van der Waals surface area contributed by atoms with E-state index in [2.05, 4.69) is 0 Å². The van der Waals surface area contributed by atoms with Gasteiger partial charge >= 0.3 is 0 Å². The monoisotopic (exact) mass is 204 g/mol. The number of nitrogens with two attached hydrogens (primary N) is 1. The molecule has 1 atom stereocenters. The molecule has 0 spiro atoms. The Morgan fingerprint density at radius 2 is 2.00 bits per heavy atom. The van der Waals surface area contributed by atoms with Crippen LogP contribution in [0.3, 0.4) is 0 Å². The molecule has 0 unspecified atom stereocenters. The highest BCUT2D eigenvalue weighted by atomic mass is 16.2. The van der Waals surface area contributed by atoms with Crippen molar-refractivity contribution in [1.82, 2.24) is 0 Å². The fourth-order valence-corrected chi connectivity index (χ4v) is 1.88. The smallest absolute Gasteiger partial charge is 0.243 e. The van der Waals surface area contributed by atoms with Crippen molar-refractivity contribution in [2.75, 3.05) is 11.4 Å². The van der Waals surface area contributed by atoms with Gasteiger partial charge in [-0.15, -0.1) is 0 Å². The number of hydrogen-bond donors (Lipinski definition) is 1. The van der Waals surface area contributed by atoms with Crippen molar-refractivity contribution >= 4 is 11.6 Å². The topological polar surface area (TPSA) is 46.3 Å². The van der Waals surface area contributed by atoms with Crippen LogP contribution in [0.1, 0.15) is 18.4 Å². The van der Waals surface area contributed by atoms with E-state index >= 15 is 0 Å². The molecule has 0 saturated carbocycles. The summed E-state index contributed by atoms with van der Waals surface area (Å²) >= 11 is 0. The molecule has 0 radical (unpaired) electrons. The summed E-state index contributed by atoms with van der Waals surface area (Å²) in [6.45, 7) is 2.82. The van der Waals surface area contributed by atoms with Gasteiger partial charge in [-0.25, -0.2) is 0 Å². The Kier molecular flexibility index (Phi) is 2.73. The Morgan fingerprint density at radius 1 is 1.33 bits per heavy atom. The molecule has 1 aromatic carbocycles. The average Bonchev–Trinajstić information content (AvgIpc) is 2.24. The zero-order chi connectivity index (χ0) is 10.8. The van der Waals surface area contributed by atoms with E-state index in [-0.39, 0.29) is 11.9 Å². The fourth-order valence-electron chi connectivity index (χ4n) is 1.88. The van der Waals surface area contributed by atoms with E-state index in [0.29, 0.717) is 0 Å². The average molecular weight is 204 g/mol. The molecule has 1 aromatic rings. The molecule has 1 aliphatic rings. The molecule has 3 nitrogen and oxygen atoms in total. The molecule has 1 heterocycles. The maximum Gasteiger partial charge on any atom is 0.243 e. The van der Waals surface area contributed by atoms with Crippen LogP contribution in [-0.4, -0.2) is 18.5 Å². The summed E-state index contributed by atoms with van der Waals surface area (Å²) < 4.78 is 0. The Bertz CT molecular complexity index is 358. The summed E-state index contributed by atoms with van der Waals surface area (Å²) in [4.78, 5) is 13.6. The molecule has 1 amide bonds. The van der Waals surface area contributed by atoms with E-state index in [4.69, 9.17) is 5.73 Å². The van der Waals surface area contributed by atoms with Crippen LogP contribution in [0.15, 0.2) is 24.3 Å². The van der Waals surface area contributed by atoms with Crippen molar-refractivity contribution in [1.29, 1.82) is 0 Å². The third-order valence-electron chi connectivity index (χ3n) is 2.83. The molecule has 2 N–H and O–H groups in total. The van der Waals surface area contributed by atoms with Crippen LogP contribution in [-0.2, 0) is 4.79 Å². The minimum atomic E-state index is -0.319. The molecule has 3 heteroatoms. The lowest BCUT2D eigenvalue weighted by atomic mass is 10.0. The first-order valence-electron chi connectivity index (χ1n) is 5.32. The maximum atomic E-state index is 11.8. The number of nitrogens with zero attached hydrogens (tertiary/aromatic N) is 1. The predicted octanol–water partition coefficient (Wildman–Crippen LogP) is 1.45. The van der Waals surface area contributed by atoms with Gasteiger partial charge in [0.1, 0.15) is 0 Å². The molecule has 1 fully saturated rings. The standard InChI is InChI=1S/C12H16N2O/c1-9-4-6-10(7-5-9)14-8-2-3-11(13)12(14)15/h4-7,11H,2-3,8,13H2,1H3/t11-/m0/s1. The number of aryl methyl sites for hydroxylation is 1. The van der Waals surface area contributed by atoms with Crippen molar-refractivity contribution in [2.45, 2.75) is 25.8 Å². The van der Waals surface area contributed by atoms with Crippen molar-refractivity contribution in [3.8, 4) is 0 Å². The second-order valence-corrected chi connectivity index (χ2v) is 4.07. The summed E-state index contributed by atoms with van der Waals surface area (Å²) in [5, 5.41) is 0. The first kappa shape index (κ1) is 10.2. The Morgan fingerprint density at radius 3 is 2.67 bits per heavy atom. The van der Waals surface area contributed by atoms with Crippen LogP contribution in [0.5, 0.6) is 0 Å². The Balaban J connectivity index is 2.22. The van der Waals surface area contributed by atoms with Gasteiger partial charge in [0.05, 0.1) is 6.04 Å². The highest BCUT2D eigenvalue weighted by Crippen LogP contribution is 2.20. The number of carbonyl (C=O) groups excluding carboxylic acids is 1. The van der Waals surface area contributed by atoms with Crippen molar-refractivity contribution < 1.29 is 4.79 Å². The largest absolute Gasteiger partial charge is 0.320 e. The van der Waals surface area contributed by atoms with Gasteiger partial charge in [-0.1, -0.05) is 17.7 Å². The molecular formula is C12H16N2O. The van der Waals surface area contributed by atoms with Gasteiger partial charge in [-0.2, -0.15) is 0 Å². The van der Waals surface area contributed by atoms with Gasteiger partial charge in [0.25, 0.3) is 0 Å². The van der Waals surface area contributed by atoms with E-state index in [0.717, 1.165) is 25.1 Å². The van der Waals surface area contributed by atoms with Crippen molar-refractivity contribution in [3.63, 3.8) is 0 Å². The minimum absolute atomic E-state index is 0.0464. The van der Waals surface area contributed by atoms with Crippen LogP contribution in [0.4, 0.5) is 5.69 Å². The molecule has 15 heavy (non-hydrogen) atoms. The summed E-state index contributed by atoms with van der Waals surface area (Å²) in [5.41, 5.74) is 7.91. The number of amides is 1. The van der Waals surface area contributed by atoms with Crippen molar-refractivity contribution in [3.05, 3.63) is 29.8 Å².